The first-order valence-electron chi connectivity index (χ1n) is 9.11. The highest BCUT2D eigenvalue weighted by Gasteiger charge is 2.29. The lowest BCUT2D eigenvalue weighted by molar-refractivity contribution is 0.169. The van der Waals surface area contributed by atoms with Crippen molar-refractivity contribution in [1.29, 1.82) is 0 Å². The minimum absolute atomic E-state index is 0.513. The van der Waals surface area contributed by atoms with Gasteiger partial charge in [0.15, 0.2) is 8.32 Å². The molecule has 0 rings (SSSR count). The molecule has 0 N–H and O–H groups in total. The zero-order valence-corrected chi connectivity index (χ0v) is 16.1. The van der Waals surface area contributed by atoms with E-state index in [0.717, 1.165) is 5.54 Å². The quantitative estimate of drug-likeness (QED) is 0.265. The molecule has 0 radical (unpaired) electrons. The third-order valence-electron chi connectivity index (χ3n) is 4.70. The molecule has 0 aliphatic carbocycles. The third-order valence-corrected chi connectivity index (χ3v) is 8.42. The SMILES string of the molecule is CCCCCCCCCCC(CC)O[Si](C)(C)C(C)C. The van der Waals surface area contributed by atoms with Gasteiger partial charge in [-0.25, -0.2) is 0 Å². The van der Waals surface area contributed by atoms with Gasteiger partial charge in [-0.15, -0.1) is 0 Å². The van der Waals surface area contributed by atoms with Gasteiger partial charge >= 0.3 is 0 Å². The van der Waals surface area contributed by atoms with E-state index in [9.17, 15) is 0 Å². The number of hydrogen-bond acceptors (Lipinski definition) is 1. The van der Waals surface area contributed by atoms with Gasteiger partial charge in [-0.1, -0.05) is 79.1 Å². The Morgan fingerprint density at radius 3 is 1.75 bits per heavy atom. The molecule has 0 aromatic rings. The molecule has 0 fully saturated rings. The molecule has 0 aliphatic rings. The standard InChI is InChI=1S/C18H40OSi/c1-7-9-10-11-12-13-14-15-16-18(8-2)19-20(5,6)17(3)4/h17-18H,7-16H2,1-6H3. The lowest BCUT2D eigenvalue weighted by Gasteiger charge is -2.32. The van der Waals surface area contributed by atoms with Gasteiger partial charge in [-0.05, 0) is 31.5 Å². The predicted molar refractivity (Wildman–Crippen MR) is 95.0 cm³/mol. The molecule has 1 atom stereocenters. The summed E-state index contributed by atoms with van der Waals surface area (Å²) in [6.07, 6.45) is 14.2. The molecular weight excluding hydrogens is 260 g/mol. The Labute approximate surface area is 130 Å². The molecule has 1 nitrogen and oxygen atoms in total. The normalized spacial score (nSPS) is 13.9. The Hall–Kier alpha value is 0.177. The number of rotatable bonds is 13. The first-order valence-corrected chi connectivity index (χ1v) is 12.1. The zero-order valence-electron chi connectivity index (χ0n) is 15.1. The number of hydrogen-bond donors (Lipinski definition) is 0. The average molecular weight is 301 g/mol. The van der Waals surface area contributed by atoms with Crippen LogP contribution in [0.2, 0.25) is 18.6 Å². The molecule has 0 aromatic heterocycles. The van der Waals surface area contributed by atoms with Crippen LogP contribution in [0.5, 0.6) is 0 Å². The maximum Gasteiger partial charge on any atom is 0.189 e. The van der Waals surface area contributed by atoms with E-state index in [0.29, 0.717) is 6.10 Å². The summed E-state index contributed by atoms with van der Waals surface area (Å²) in [5, 5.41) is 0. The molecule has 2 heteroatoms. The topological polar surface area (TPSA) is 9.23 Å². The number of unbranched alkanes of at least 4 members (excludes halogenated alkanes) is 7. The van der Waals surface area contributed by atoms with E-state index in [1.54, 1.807) is 0 Å². The first kappa shape index (κ1) is 20.2. The summed E-state index contributed by atoms with van der Waals surface area (Å²) in [4.78, 5) is 0. The van der Waals surface area contributed by atoms with Crippen molar-refractivity contribution in [3.8, 4) is 0 Å². The molecule has 0 saturated carbocycles. The Balaban J connectivity index is 3.65. The highest BCUT2D eigenvalue weighted by Crippen LogP contribution is 2.25. The highest BCUT2D eigenvalue weighted by atomic mass is 28.4. The molecule has 0 aromatic carbocycles. The van der Waals surface area contributed by atoms with Gasteiger partial charge in [0, 0.05) is 6.10 Å². The van der Waals surface area contributed by atoms with Crippen molar-refractivity contribution in [3.63, 3.8) is 0 Å². The minimum Gasteiger partial charge on any atom is -0.414 e. The van der Waals surface area contributed by atoms with E-state index in [1.807, 2.05) is 0 Å². The van der Waals surface area contributed by atoms with Crippen LogP contribution in [0.4, 0.5) is 0 Å². The van der Waals surface area contributed by atoms with Crippen molar-refractivity contribution in [1.82, 2.24) is 0 Å². The summed E-state index contributed by atoms with van der Waals surface area (Å²) in [7, 11) is -1.46. The van der Waals surface area contributed by atoms with Crippen LogP contribution in [0, 0.1) is 0 Å². The van der Waals surface area contributed by atoms with Crippen molar-refractivity contribution >= 4 is 8.32 Å². The second kappa shape index (κ2) is 11.8. The van der Waals surface area contributed by atoms with Gasteiger partial charge < -0.3 is 4.43 Å². The summed E-state index contributed by atoms with van der Waals surface area (Å²) in [6.45, 7) is 13.9. The van der Waals surface area contributed by atoms with Gasteiger partial charge in [-0.3, -0.25) is 0 Å². The van der Waals surface area contributed by atoms with E-state index in [2.05, 4.69) is 40.8 Å². The third kappa shape index (κ3) is 9.98. The van der Waals surface area contributed by atoms with Gasteiger partial charge in [0.25, 0.3) is 0 Å². The van der Waals surface area contributed by atoms with Crippen molar-refractivity contribution in [2.75, 3.05) is 0 Å². The van der Waals surface area contributed by atoms with Gasteiger partial charge in [0.1, 0.15) is 0 Å². The maximum absolute atomic E-state index is 6.45. The summed E-state index contributed by atoms with van der Waals surface area (Å²) >= 11 is 0. The van der Waals surface area contributed by atoms with Crippen LogP contribution in [0.3, 0.4) is 0 Å². The Morgan fingerprint density at radius 2 is 1.30 bits per heavy atom. The van der Waals surface area contributed by atoms with E-state index < -0.39 is 8.32 Å². The Bertz CT molecular complexity index is 213. The monoisotopic (exact) mass is 300 g/mol. The largest absolute Gasteiger partial charge is 0.414 e. The maximum atomic E-state index is 6.45. The van der Waals surface area contributed by atoms with Crippen molar-refractivity contribution in [3.05, 3.63) is 0 Å². The van der Waals surface area contributed by atoms with E-state index in [4.69, 9.17) is 4.43 Å². The summed E-state index contributed by atoms with van der Waals surface area (Å²) in [5.74, 6) is 0. The molecule has 0 spiro atoms. The van der Waals surface area contributed by atoms with E-state index in [1.165, 1.54) is 64.2 Å². The molecule has 0 bridgehead atoms. The van der Waals surface area contributed by atoms with Crippen LogP contribution in [0.15, 0.2) is 0 Å². The first-order chi connectivity index (χ1) is 9.44. The molecule has 0 heterocycles. The highest BCUT2D eigenvalue weighted by molar-refractivity contribution is 6.72. The lowest BCUT2D eigenvalue weighted by atomic mass is 10.0. The molecular formula is C18H40OSi. The van der Waals surface area contributed by atoms with E-state index in [-0.39, 0.29) is 0 Å². The van der Waals surface area contributed by atoms with Crippen LogP contribution in [-0.2, 0) is 4.43 Å². The van der Waals surface area contributed by atoms with Crippen LogP contribution < -0.4 is 0 Å². The smallest absolute Gasteiger partial charge is 0.189 e. The molecule has 122 valence electrons. The lowest BCUT2D eigenvalue weighted by Crippen LogP contribution is -2.38. The fourth-order valence-electron chi connectivity index (χ4n) is 2.42. The molecule has 20 heavy (non-hydrogen) atoms. The summed E-state index contributed by atoms with van der Waals surface area (Å²) < 4.78 is 6.45. The molecule has 0 saturated heterocycles. The fourth-order valence-corrected chi connectivity index (χ4v) is 3.83. The minimum atomic E-state index is -1.46. The van der Waals surface area contributed by atoms with Crippen LogP contribution >= 0.6 is 0 Å². The van der Waals surface area contributed by atoms with Crippen molar-refractivity contribution in [2.24, 2.45) is 0 Å². The fraction of sp³-hybridized carbons (Fsp3) is 1.00. The second-order valence-electron chi connectivity index (χ2n) is 7.17. The van der Waals surface area contributed by atoms with Gasteiger partial charge in [0.2, 0.25) is 0 Å². The second-order valence-corrected chi connectivity index (χ2v) is 11.8. The zero-order chi connectivity index (χ0) is 15.4. The van der Waals surface area contributed by atoms with Crippen molar-refractivity contribution in [2.45, 2.75) is 117 Å². The van der Waals surface area contributed by atoms with Crippen LogP contribution in [0.1, 0.15) is 91.9 Å². The molecule has 1 unspecified atom stereocenters. The predicted octanol–water partition coefficient (Wildman–Crippen LogP) is 6.93. The summed E-state index contributed by atoms with van der Waals surface area (Å²) in [5.41, 5.74) is 0.718. The molecule has 0 aliphatic heterocycles. The Kier molecular flexibility index (Phi) is 11.9. The van der Waals surface area contributed by atoms with E-state index >= 15 is 0 Å². The van der Waals surface area contributed by atoms with Gasteiger partial charge in [0.05, 0.1) is 0 Å². The van der Waals surface area contributed by atoms with Crippen molar-refractivity contribution < 1.29 is 4.43 Å². The average Bonchev–Trinajstić information content (AvgIpc) is 2.40. The van der Waals surface area contributed by atoms with Crippen LogP contribution in [0.25, 0.3) is 0 Å². The van der Waals surface area contributed by atoms with Crippen LogP contribution in [-0.4, -0.2) is 14.4 Å². The Morgan fingerprint density at radius 1 is 0.800 bits per heavy atom. The molecule has 0 amide bonds. The van der Waals surface area contributed by atoms with Gasteiger partial charge in [-0.2, -0.15) is 0 Å². The summed E-state index contributed by atoms with van der Waals surface area (Å²) in [6, 6.07) is 0.